The largest absolute Gasteiger partial charge is 0.492 e. The van der Waals surface area contributed by atoms with Gasteiger partial charge in [-0.2, -0.15) is 0 Å². The molecule has 0 radical (unpaired) electrons. The van der Waals surface area contributed by atoms with Crippen molar-refractivity contribution >= 4 is 39.1 Å². The highest BCUT2D eigenvalue weighted by Gasteiger charge is 2.14. The zero-order valence-corrected chi connectivity index (χ0v) is 13.0. The third-order valence-electron chi connectivity index (χ3n) is 2.46. The summed E-state index contributed by atoms with van der Waals surface area (Å²) in [4.78, 5) is 16.2. The van der Waals surface area contributed by atoms with Crippen LogP contribution in [0.5, 0.6) is 5.75 Å². The molecule has 6 heteroatoms. The van der Waals surface area contributed by atoms with E-state index in [0.29, 0.717) is 33.2 Å². The number of hydrogen-bond donors (Lipinski definition) is 1. The zero-order chi connectivity index (χ0) is 14.5. The van der Waals surface area contributed by atoms with Crippen molar-refractivity contribution in [2.24, 2.45) is 0 Å². The summed E-state index contributed by atoms with van der Waals surface area (Å²) in [6.45, 7) is 2.37. The maximum atomic E-state index is 12.2. The number of ether oxygens (including phenoxy) is 1. The molecule has 2 rings (SSSR count). The molecule has 0 saturated carbocycles. The average Bonchev–Trinajstić information content (AvgIpc) is 2.42. The van der Waals surface area contributed by atoms with Gasteiger partial charge >= 0.3 is 0 Å². The summed E-state index contributed by atoms with van der Waals surface area (Å²) in [7, 11) is 0. The number of aromatic nitrogens is 1. The normalized spacial score (nSPS) is 10.2. The van der Waals surface area contributed by atoms with E-state index in [9.17, 15) is 4.79 Å². The van der Waals surface area contributed by atoms with Gasteiger partial charge in [0.05, 0.1) is 12.3 Å². The van der Waals surface area contributed by atoms with Crippen LogP contribution in [0.3, 0.4) is 0 Å². The van der Waals surface area contributed by atoms with Crippen molar-refractivity contribution < 1.29 is 9.53 Å². The molecule has 0 fully saturated rings. The van der Waals surface area contributed by atoms with Crippen molar-refractivity contribution in [2.45, 2.75) is 6.92 Å². The van der Waals surface area contributed by atoms with Crippen molar-refractivity contribution in [1.29, 1.82) is 0 Å². The Morgan fingerprint density at radius 3 is 2.95 bits per heavy atom. The van der Waals surface area contributed by atoms with E-state index in [1.165, 1.54) is 0 Å². The first-order chi connectivity index (χ1) is 9.61. The number of carbonyl (C=O) groups is 1. The van der Waals surface area contributed by atoms with E-state index in [0.717, 1.165) is 0 Å². The predicted molar refractivity (Wildman–Crippen MR) is 82.5 cm³/mol. The topological polar surface area (TPSA) is 51.2 Å². The second-order valence-electron chi connectivity index (χ2n) is 3.86. The van der Waals surface area contributed by atoms with Gasteiger partial charge in [0.1, 0.15) is 11.4 Å². The van der Waals surface area contributed by atoms with E-state index in [1.54, 1.807) is 36.5 Å². The number of amides is 1. The van der Waals surface area contributed by atoms with E-state index < -0.39 is 0 Å². The molecule has 1 N–H and O–H groups in total. The molecule has 1 heterocycles. The number of anilines is 1. The van der Waals surface area contributed by atoms with Gasteiger partial charge in [-0.1, -0.05) is 11.6 Å². The molecule has 0 bridgehead atoms. The van der Waals surface area contributed by atoms with Crippen LogP contribution in [-0.2, 0) is 0 Å². The molecule has 0 aliphatic heterocycles. The summed E-state index contributed by atoms with van der Waals surface area (Å²) in [5.74, 6) is 0.234. The monoisotopic (exact) mass is 354 g/mol. The molecule has 20 heavy (non-hydrogen) atoms. The van der Waals surface area contributed by atoms with E-state index >= 15 is 0 Å². The lowest BCUT2D eigenvalue weighted by Gasteiger charge is -2.12. The van der Waals surface area contributed by atoms with Crippen LogP contribution in [0, 0.1) is 0 Å². The highest BCUT2D eigenvalue weighted by Crippen LogP contribution is 2.28. The minimum atomic E-state index is -0.333. The highest BCUT2D eigenvalue weighted by atomic mass is 79.9. The summed E-state index contributed by atoms with van der Waals surface area (Å²) in [6, 6.07) is 8.56. The highest BCUT2D eigenvalue weighted by molar-refractivity contribution is 9.10. The predicted octanol–water partition coefficient (Wildman–Crippen LogP) is 4.15. The third-order valence-corrected chi connectivity index (χ3v) is 3.34. The van der Waals surface area contributed by atoms with Crippen LogP contribution < -0.4 is 10.1 Å². The molecule has 0 spiro atoms. The summed E-state index contributed by atoms with van der Waals surface area (Å²) < 4.78 is 6.08. The van der Waals surface area contributed by atoms with Gasteiger partial charge in [0, 0.05) is 15.7 Å². The van der Waals surface area contributed by atoms with Crippen LogP contribution in [0.15, 0.2) is 41.0 Å². The van der Waals surface area contributed by atoms with Gasteiger partial charge in [-0.15, -0.1) is 0 Å². The Balaban J connectivity index is 2.27. The van der Waals surface area contributed by atoms with Crippen molar-refractivity contribution in [3.05, 3.63) is 51.7 Å². The second kappa shape index (κ2) is 6.72. The fourth-order valence-corrected chi connectivity index (χ4v) is 2.22. The number of halogens is 2. The zero-order valence-electron chi connectivity index (χ0n) is 10.7. The van der Waals surface area contributed by atoms with Crippen LogP contribution in [0.25, 0.3) is 0 Å². The van der Waals surface area contributed by atoms with Crippen LogP contribution in [-0.4, -0.2) is 17.5 Å². The molecule has 0 aliphatic carbocycles. The number of benzene rings is 1. The number of nitrogens with one attached hydrogen (secondary N) is 1. The maximum absolute atomic E-state index is 12.2. The summed E-state index contributed by atoms with van der Waals surface area (Å²) in [5.41, 5.74) is 0.817. The van der Waals surface area contributed by atoms with Crippen molar-refractivity contribution in [3.8, 4) is 5.75 Å². The van der Waals surface area contributed by atoms with Gasteiger partial charge in [-0.25, -0.2) is 4.98 Å². The number of rotatable bonds is 4. The maximum Gasteiger partial charge on any atom is 0.275 e. The summed E-state index contributed by atoms with van der Waals surface area (Å²) in [6.07, 6.45) is 1.56. The third kappa shape index (κ3) is 3.49. The lowest BCUT2D eigenvalue weighted by molar-refractivity contribution is 0.102. The van der Waals surface area contributed by atoms with E-state index in [-0.39, 0.29) is 5.91 Å². The van der Waals surface area contributed by atoms with Crippen molar-refractivity contribution in [2.75, 3.05) is 11.9 Å². The number of carbonyl (C=O) groups excluding carboxylic acids is 1. The van der Waals surface area contributed by atoms with E-state index in [1.807, 2.05) is 6.92 Å². The molecule has 0 unspecified atom stereocenters. The average molecular weight is 356 g/mol. The van der Waals surface area contributed by atoms with Gasteiger partial charge in [0.25, 0.3) is 5.91 Å². The lowest BCUT2D eigenvalue weighted by atomic mass is 10.2. The molecule has 2 aromatic rings. The van der Waals surface area contributed by atoms with Gasteiger partial charge in [0.2, 0.25) is 0 Å². The summed E-state index contributed by atoms with van der Waals surface area (Å²) >= 11 is 9.24. The SMILES string of the molecule is CCOc1ccc(Cl)cc1NC(=O)c1ncccc1Br. The Morgan fingerprint density at radius 2 is 2.25 bits per heavy atom. The molecular weight excluding hydrogens is 344 g/mol. The first-order valence-corrected chi connectivity index (χ1v) is 7.13. The van der Waals surface area contributed by atoms with E-state index in [4.69, 9.17) is 16.3 Å². The number of pyridine rings is 1. The smallest absolute Gasteiger partial charge is 0.275 e. The molecule has 4 nitrogen and oxygen atoms in total. The Kier molecular flexibility index (Phi) is 4.98. The van der Waals surface area contributed by atoms with Crippen LogP contribution >= 0.6 is 27.5 Å². The number of hydrogen-bond acceptors (Lipinski definition) is 3. The summed E-state index contributed by atoms with van der Waals surface area (Å²) in [5, 5.41) is 3.27. The van der Waals surface area contributed by atoms with Gasteiger partial charge in [0.15, 0.2) is 0 Å². The lowest BCUT2D eigenvalue weighted by Crippen LogP contribution is -2.15. The minimum Gasteiger partial charge on any atom is -0.492 e. The van der Waals surface area contributed by atoms with E-state index in [2.05, 4.69) is 26.2 Å². The molecule has 0 aliphatic rings. The Labute approximate surface area is 130 Å². The first kappa shape index (κ1) is 14.8. The van der Waals surface area contributed by atoms with Crippen molar-refractivity contribution in [1.82, 2.24) is 4.98 Å². The number of nitrogens with zero attached hydrogens (tertiary/aromatic N) is 1. The van der Waals surface area contributed by atoms with Gasteiger partial charge in [-0.3, -0.25) is 4.79 Å². The molecule has 1 amide bonds. The van der Waals surface area contributed by atoms with Gasteiger partial charge in [-0.05, 0) is 53.2 Å². The van der Waals surface area contributed by atoms with Crippen LogP contribution in [0.4, 0.5) is 5.69 Å². The Morgan fingerprint density at radius 1 is 1.45 bits per heavy atom. The van der Waals surface area contributed by atoms with Crippen LogP contribution in [0.1, 0.15) is 17.4 Å². The molecule has 1 aromatic carbocycles. The first-order valence-electron chi connectivity index (χ1n) is 5.96. The van der Waals surface area contributed by atoms with Crippen molar-refractivity contribution in [3.63, 3.8) is 0 Å². The minimum absolute atomic E-state index is 0.301. The molecule has 104 valence electrons. The Hall–Kier alpha value is -1.59. The second-order valence-corrected chi connectivity index (χ2v) is 5.15. The van der Waals surface area contributed by atoms with Gasteiger partial charge < -0.3 is 10.1 Å². The fraction of sp³-hybridized carbons (Fsp3) is 0.143. The fourth-order valence-electron chi connectivity index (χ4n) is 1.62. The van der Waals surface area contributed by atoms with Crippen LogP contribution in [0.2, 0.25) is 5.02 Å². The standard InChI is InChI=1S/C14H12BrClN2O2/c1-2-20-12-6-5-9(16)8-11(12)18-14(19)13-10(15)4-3-7-17-13/h3-8H,2H2,1H3,(H,18,19). The molecule has 0 saturated heterocycles. The molecule has 1 aromatic heterocycles. The molecule has 0 atom stereocenters. The molecular formula is C14H12BrClN2O2. The quantitative estimate of drug-likeness (QED) is 0.896. The Bertz CT molecular complexity index is 634.